The first kappa shape index (κ1) is 19.4. The van der Waals surface area contributed by atoms with Gasteiger partial charge in [0.2, 0.25) is 0 Å². The summed E-state index contributed by atoms with van der Waals surface area (Å²) >= 11 is 0. The summed E-state index contributed by atoms with van der Waals surface area (Å²) in [6.45, 7) is 9.51. The van der Waals surface area contributed by atoms with Gasteiger partial charge in [-0.3, -0.25) is 4.79 Å². The van der Waals surface area contributed by atoms with Crippen LogP contribution in [-0.2, 0) is 0 Å². The van der Waals surface area contributed by atoms with Gasteiger partial charge in [0.05, 0.1) is 0 Å². The van der Waals surface area contributed by atoms with E-state index in [4.69, 9.17) is 0 Å². The van der Waals surface area contributed by atoms with Crippen LogP contribution in [0, 0.1) is 0 Å². The van der Waals surface area contributed by atoms with Crippen molar-refractivity contribution in [2.24, 2.45) is 0 Å². The fourth-order valence-corrected chi connectivity index (χ4v) is 9.11. The lowest BCUT2D eigenvalue weighted by atomic mass is 9.93. The van der Waals surface area contributed by atoms with Crippen LogP contribution in [0.1, 0.15) is 39.9 Å². The quantitative estimate of drug-likeness (QED) is 0.543. The highest BCUT2D eigenvalue weighted by atomic mass is 28.3. The van der Waals surface area contributed by atoms with Crippen LogP contribution in [0.15, 0.2) is 60.7 Å². The van der Waals surface area contributed by atoms with Crippen LogP contribution < -0.4 is 20.2 Å². The zero-order valence-electron chi connectivity index (χ0n) is 19.3. The van der Waals surface area contributed by atoms with E-state index in [-0.39, 0.29) is 5.78 Å². The first-order valence-corrected chi connectivity index (χ1v) is 15.2. The number of rotatable bonds is 2. The normalized spacial score (nSPS) is 19.8. The highest BCUT2D eigenvalue weighted by molar-refractivity contribution is 7.02. The zero-order chi connectivity index (χ0) is 22.3. The second kappa shape index (κ2) is 6.70. The lowest BCUT2D eigenvalue weighted by Crippen LogP contribution is -2.55. The molecule has 0 amide bonds. The smallest absolute Gasteiger partial charge is 0.194 e. The van der Waals surface area contributed by atoms with Crippen molar-refractivity contribution in [3.05, 3.63) is 82.9 Å². The van der Waals surface area contributed by atoms with Gasteiger partial charge in [0.1, 0.15) is 8.07 Å². The molecule has 3 nitrogen and oxygen atoms in total. The number of carbonyl (C=O) groups is 1. The molecule has 0 bridgehead atoms. The second-order valence-electron chi connectivity index (χ2n) is 10.4. The SMILES string of the molecule is C[Si]1(C)c2cc(N3CCC3)ccc2C2=C(c3ccccc3C2=O)c2ccc(N3CCC3)cc21. The largest absolute Gasteiger partial charge is 0.371 e. The molecule has 7 rings (SSSR count). The molecule has 3 aromatic rings. The van der Waals surface area contributed by atoms with Crippen molar-refractivity contribution in [1.82, 2.24) is 0 Å². The van der Waals surface area contributed by atoms with Gasteiger partial charge >= 0.3 is 0 Å². The number of hydrogen-bond donors (Lipinski definition) is 0. The highest BCUT2D eigenvalue weighted by Gasteiger charge is 2.42. The maximum Gasteiger partial charge on any atom is 0.194 e. The highest BCUT2D eigenvalue weighted by Crippen LogP contribution is 2.44. The summed E-state index contributed by atoms with van der Waals surface area (Å²) in [5, 5.41) is 2.86. The molecule has 0 radical (unpaired) electrons. The number of ketones is 1. The van der Waals surface area contributed by atoms with E-state index in [1.807, 2.05) is 12.1 Å². The number of allylic oxidation sites excluding steroid dienone is 1. The summed E-state index contributed by atoms with van der Waals surface area (Å²) in [7, 11) is -2.08. The topological polar surface area (TPSA) is 23.6 Å². The van der Waals surface area contributed by atoms with E-state index in [1.54, 1.807) is 0 Å². The first-order chi connectivity index (χ1) is 16.0. The molecular weight excluding hydrogens is 420 g/mol. The second-order valence-corrected chi connectivity index (χ2v) is 14.7. The third kappa shape index (κ3) is 2.58. The molecule has 0 N–H and O–H groups in total. The molecular formula is C29H28N2OSi. The Hall–Kier alpha value is -3.11. The molecule has 1 aliphatic carbocycles. The predicted octanol–water partition coefficient (Wildman–Crippen LogP) is 4.40. The van der Waals surface area contributed by atoms with E-state index in [0.717, 1.165) is 54.0 Å². The molecule has 2 saturated heterocycles. The van der Waals surface area contributed by atoms with Gasteiger partial charge in [0, 0.05) is 54.3 Å². The van der Waals surface area contributed by atoms with Gasteiger partial charge in [-0.05, 0) is 64.2 Å². The van der Waals surface area contributed by atoms with Crippen molar-refractivity contribution < 1.29 is 4.79 Å². The lowest BCUT2D eigenvalue weighted by Gasteiger charge is -2.36. The van der Waals surface area contributed by atoms with Gasteiger partial charge in [0.25, 0.3) is 0 Å². The van der Waals surface area contributed by atoms with Gasteiger partial charge in [-0.1, -0.05) is 49.5 Å². The Balaban J connectivity index is 1.55. The van der Waals surface area contributed by atoms with E-state index in [1.165, 1.54) is 40.2 Å². The van der Waals surface area contributed by atoms with Gasteiger partial charge < -0.3 is 9.80 Å². The van der Waals surface area contributed by atoms with Gasteiger partial charge in [-0.25, -0.2) is 0 Å². The molecule has 0 spiro atoms. The minimum absolute atomic E-state index is 0.183. The van der Waals surface area contributed by atoms with E-state index < -0.39 is 8.07 Å². The number of benzene rings is 3. The van der Waals surface area contributed by atoms with Crippen LogP contribution in [0.2, 0.25) is 13.1 Å². The van der Waals surface area contributed by atoms with E-state index in [9.17, 15) is 4.79 Å². The first-order valence-electron chi connectivity index (χ1n) is 12.2. The van der Waals surface area contributed by atoms with Crippen molar-refractivity contribution in [3.63, 3.8) is 0 Å². The minimum Gasteiger partial charge on any atom is -0.371 e. The van der Waals surface area contributed by atoms with E-state index >= 15 is 0 Å². The van der Waals surface area contributed by atoms with Crippen LogP contribution in [0.5, 0.6) is 0 Å². The van der Waals surface area contributed by atoms with Crippen molar-refractivity contribution in [2.75, 3.05) is 36.0 Å². The molecule has 3 aromatic carbocycles. The number of hydrogen-bond acceptors (Lipinski definition) is 3. The molecule has 4 aliphatic rings. The lowest BCUT2D eigenvalue weighted by molar-refractivity contribution is 0.105. The van der Waals surface area contributed by atoms with Crippen LogP contribution >= 0.6 is 0 Å². The average Bonchev–Trinajstić information content (AvgIpc) is 2.99. The number of nitrogens with zero attached hydrogens (tertiary/aromatic N) is 2. The Kier molecular flexibility index (Phi) is 3.93. The summed E-state index contributed by atoms with van der Waals surface area (Å²) in [6, 6.07) is 22.2. The fraction of sp³-hybridized carbons (Fsp3) is 0.276. The van der Waals surface area contributed by atoms with Gasteiger partial charge in [-0.15, -0.1) is 0 Å². The van der Waals surface area contributed by atoms with Crippen LogP contribution in [0.3, 0.4) is 0 Å². The van der Waals surface area contributed by atoms with Crippen LogP contribution in [0.4, 0.5) is 11.4 Å². The number of carbonyl (C=O) groups excluding carboxylic acids is 1. The molecule has 33 heavy (non-hydrogen) atoms. The Bertz CT molecular complexity index is 1380. The summed E-state index contributed by atoms with van der Waals surface area (Å²) < 4.78 is 0. The third-order valence-corrected chi connectivity index (χ3v) is 11.8. The Morgan fingerprint density at radius 2 is 1.15 bits per heavy atom. The number of anilines is 2. The van der Waals surface area contributed by atoms with Crippen molar-refractivity contribution in [2.45, 2.75) is 25.9 Å². The number of fused-ring (bicyclic) bond motifs is 6. The summed E-state index contributed by atoms with van der Waals surface area (Å²) in [4.78, 5) is 18.8. The molecule has 2 fully saturated rings. The maximum atomic E-state index is 13.8. The van der Waals surface area contributed by atoms with Crippen molar-refractivity contribution in [3.8, 4) is 0 Å². The molecule has 3 heterocycles. The molecule has 3 aliphatic heterocycles. The Labute approximate surface area is 196 Å². The third-order valence-electron chi connectivity index (χ3n) is 8.25. The Morgan fingerprint density at radius 3 is 1.67 bits per heavy atom. The van der Waals surface area contributed by atoms with E-state index in [0.29, 0.717) is 0 Å². The molecule has 0 saturated carbocycles. The van der Waals surface area contributed by atoms with E-state index in [2.05, 4.69) is 71.4 Å². The monoisotopic (exact) mass is 448 g/mol. The zero-order valence-corrected chi connectivity index (χ0v) is 20.3. The van der Waals surface area contributed by atoms with Gasteiger partial charge in [-0.2, -0.15) is 0 Å². The Morgan fingerprint density at radius 1 is 0.636 bits per heavy atom. The van der Waals surface area contributed by atoms with Crippen LogP contribution in [-0.4, -0.2) is 40.0 Å². The van der Waals surface area contributed by atoms with Crippen molar-refractivity contribution in [1.29, 1.82) is 0 Å². The maximum absolute atomic E-state index is 13.8. The molecule has 0 unspecified atom stereocenters. The molecule has 0 aromatic heterocycles. The van der Waals surface area contributed by atoms with Crippen LogP contribution in [0.25, 0.3) is 11.1 Å². The summed E-state index contributed by atoms with van der Waals surface area (Å²) in [5.41, 5.74) is 9.09. The standard InChI is InChI=1S/C29H28N2OSi/c1-33(2)25-17-19(30-13-5-14-30)9-11-23(25)27-21-7-3-4-8-22(21)29(32)28(27)24-12-10-20(18-26(24)33)31-15-6-16-31/h3-4,7-12,17-18H,5-6,13-16H2,1-2H3. The minimum atomic E-state index is -2.08. The summed E-state index contributed by atoms with van der Waals surface area (Å²) in [6.07, 6.45) is 2.54. The molecule has 4 heteroatoms. The fourth-order valence-electron chi connectivity index (χ4n) is 6.04. The van der Waals surface area contributed by atoms with Gasteiger partial charge in [0.15, 0.2) is 5.78 Å². The number of Topliss-reactive ketones (excluding diaryl/α,β-unsaturated/α-hetero) is 1. The van der Waals surface area contributed by atoms with Crippen molar-refractivity contribution >= 4 is 46.8 Å². The predicted molar refractivity (Wildman–Crippen MR) is 140 cm³/mol. The summed E-state index contributed by atoms with van der Waals surface area (Å²) in [5.74, 6) is 0.183. The molecule has 0 atom stereocenters. The average molecular weight is 449 g/mol. The molecule has 164 valence electrons.